The zero-order chi connectivity index (χ0) is 24.8. The number of benzene rings is 2. The summed E-state index contributed by atoms with van der Waals surface area (Å²) in [5, 5.41) is 13.4. The predicted molar refractivity (Wildman–Crippen MR) is 137 cm³/mol. The van der Waals surface area contributed by atoms with Gasteiger partial charge in [-0.3, -0.25) is 9.69 Å². The van der Waals surface area contributed by atoms with Gasteiger partial charge in [-0.1, -0.05) is 48.5 Å². The van der Waals surface area contributed by atoms with Crippen molar-refractivity contribution in [2.75, 3.05) is 4.90 Å². The minimum absolute atomic E-state index is 0.112. The van der Waals surface area contributed by atoms with Crippen molar-refractivity contribution < 1.29 is 9.18 Å². The molecule has 4 aromatic rings. The summed E-state index contributed by atoms with van der Waals surface area (Å²) in [5.41, 5.74) is 10.2. The number of nitrogens with two attached hydrogens (primary N) is 1. The number of pyridine rings is 1. The molecule has 3 heterocycles. The summed E-state index contributed by atoms with van der Waals surface area (Å²) in [4.78, 5) is 24.0. The monoisotopic (exact) mass is 493 g/mol. The van der Waals surface area contributed by atoms with E-state index in [0.717, 1.165) is 16.6 Å². The molecule has 8 heteroatoms. The molecule has 2 aromatic carbocycles. The number of para-hydroxylation sites is 1. The standard InChI is InChI=1S/C28H20FN5OS/c29-26-18(13-17-9-4-5-10-20(17)32-26)24-19(14-30)27(31)34(22-11-6-12-23(35)25(22)24)28-33-21(15-36-28)16-7-2-1-3-8-16/h1-5,7-10,13,15,24H,6,11-12,31H2. The topological polar surface area (TPSA) is 95.9 Å². The Morgan fingerprint density at radius 2 is 1.86 bits per heavy atom. The van der Waals surface area contributed by atoms with Crippen molar-refractivity contribution in [1.29, 1.82) is 5.26 Å². The maximum atomic E-state index is 15.4. The Balaban J connectivity index is 1.55. The van der Waals surface area contributed by atoms with Crippen LogP contribution < -0.4 is 10.6 Å². The smallest absolute Gasteiger partial charge is 0.217 e. The number of nitrogens with zero attached hydrogens (tertiary/aromatic N) is 4. The van der Waals surface area contributed by atoms with Crippen LogP contribution in [0.3, 0.4) is 0 Å². The largest absolute Gasteiger partial charge is 0.384 e. The lowest BCUT2D eigenvalue weighted by molar-refractivity contribution is -0.116. The molecule has 36 heavy (non-hydrogen) atoms. The van der Waals surface area contributed by atoms with E-state index >= 15 is 4.39 Å². The van der Waals surface area contributed by atoms with Gasteiger partial charge in [0.25, 0.3) is 0 Å². The van der Waals surface area contributed by atoms with Crippen molar-refractivity contribution in [2.24, 2.45) is 5.73 Å². The first-order valence-electron chi connectivity index (χ1n) is 11.6. The Kier molecular flexibility index (Phi) is 5.35. The Morgan fingerprint density at radius 3 is 2.67 bits per heavy atom. The summed E-state index contributed by atoms with van der Waals surface area (Å²) in [6, 6.07) is 20.8. The molecular formula is C28H20FN5OS. The number of ketones is 1. The quantitative estimate of drug-likeness (QED) is 0.362. The molecule has 0 saturated carbocycles. The highest BCUT2D eigenvalue weighted by Gasteiger charge is 2.42. The van der Waals surface area contributed by atoms with E-state index in [2.05, 4.69) is 11.1 Å². The van der Waals surface area contributed by atoms with E-state index in [1.54, 1.807) is 23.1 Å². The van der Waals surface area contributed by atoms with Crippen LogP contribution in [0.5, 0.6) is 0 Å². The summed E-state index contributed by atoms with van der Waals surface area (Å²) in [6.07, 6.45) is 1.54. The fourth-order valence-corrected chi connectivity index (χ4v) is 5.91. The van der Waals surface area contributed by atoms with Gasteiger partial charge in [0.15, 0.2) is 10.9 Å². The van der Waals surface area contributed by atoms with E-state index < -0.39 is 11.9 Å². The molecule has 0 amide bonds. The van der Waals surface area contributed by atoms with E-state index in [1.807, 2.05) is 47.8 Å². The van der Waals surface area contributed by atoms with Gasteiger partial charge >= 0.3 is 0 Å². The summed E-state index contributed by atoms with van der Waals surface area (Å²) in [7, 11) is 0. The Labute approximate surface area is 210 Å². The number of nitriles is 1. The number of hydrogen-bond acceptors (Lipinski definition) is 7. The second kappa shape index (κ2) is 8.70. The molecule has 2 N–H and O–H groups in total. The Morgan fingerprint density at radius 1 is 1.08 bits per heavy atom. The summed E-state index contributed by atoms with van der Waals surface area (Å²) in [5.74, 6) is -1.57. The van der Waals surface area contributed by atoms with Gasteiger partial charge in [0.05, 0.1) is 28.8 Å². The van der Waals surface area contributed by atoms with Crippen molar-refractivity contribution >= 4 is 33.2 Å². The molecule has 1 atom stereocenters. The minimum Gasteiger partial charge on any atom is -0.384 e. The van der Waals surface area contributed by atoms with Crippen LogP contribution in [-0.2, 0) is 4.79 Å². The first-order valence-corrected chi connectivity index (χ1v) is 12.5. The fourth-order valence-electron chi connectivity index (χ4n) is 5.04. The molecule has 1 aliphatic carbocycles. The number of halogens is 1. The van der Waals surface area contributed by atoms with E-state index in [4.69, 9.17) is 10.7 Å². The van der Waals surface area contributed by atoms with Crippen molar-refractivity contribution in [1.82, 2.24) is 9.97 Å². The van der Waals surface area contributed by atoms with Gasteiger partial charge in [-0.05, 0) is 25.0 Å². The molecule has 176 valence electrons. The highest BCUT2D eigenvalue weighted by atomic mass is 32.1. The first kappa shape index (κ1) is 22.1. The molecular weight excluding hydrogens is 473 g/mol. The number of rotatable bonds is 3. The van der Waals surface area contributed by atoms with Crippen LogP contribution in [0.15, 0.2) is 88.7 Å². The van der Waals surface area contributed by atoms with Crippen LogP contribution in [0.2, 0.25) is 0 Å². The highest BCUT2D eigenvalue weighted by Crippen LogP contribution is 2.47. The molecule has 0 saturated heterocycles. The molecule has 6 rings (SSSR count). The van der Waals surface area contributed by atoms with Crippen LogP contribution in [0.25, 0.3) is 22.2 Å². The fraction of sp³-hybridized carbons (Fsp3) is 0.143. The summed E-state index contributed by atoms with van der Waals surface area (Å²) in [6.45, 7) is 0. The molecule has 2 aliphatic rings. The summed E-state index contributed by atoms with van der Waals surface area (Å²) >= 11 is 1.39. The lowest BCUT2D eigenvalue weighted by Gasteiger charge is -2.38. The van der Waals surface area contributed by atoms with Gasteiger partial charge in [-0.15, -0.1) is 11.3 Å². The molecule has 1 aliphatic heterocycles. The van der Waals surface area contributed by atoms with Crippen molar-refractivity contribution in [3.05, 3.63) is 100 Å². The van der Waals surface area contributed by atoms with E-state index in [-0.39, 0.29) is 22.7 Å². The van der Waals surface area contributed by atoms with Crippen LogP contribution >= 0.6 is 11.3 Å². The lowest BCUT2D eigenvalue weighted by atomic mass is 9.76. The van der Waals surface area contributed by atoms with Gasteiger partial charge < -0.3 is 5.73 Å². The van der Waals surface area contributed by atoms with E-state index in [0.29, 0.717) is 41.2 Å². The van der Waals surface area contributed by atoms with Crippen molar-refractivity contribution in [2.45, 2.75) is 25.2 Å². The van der Waals surface area contributed by atoms with Gasteiger partial charge in [0.1, 0.15) is 5.82 Å². The third-order valence-electron chi connectivity index (χ3n) is 6.68. The van der Waals surface area contributed by atoms with E-state index in [1.165, 1.54) is 11.3 Å². The van der Waals surface area contributed by atoms with Crippen molar-refractivity contribution in [3.8, 4) is 17.3 Å². The zero-order valence-corrected chi connectivity index (χ0v) is 19.9. The van der Waals surface area contributed by atoms with Gasteiger partial charge in [0.2, 0.25) is 5.95 Å². The van der Waals surface area contributed by atoms with Gasteiger partial charge in [-0.25, -0.2) is 9.97 Å². The molecule has 1 unspecified atom stereocenters. The number of carbonyl (C=O) groups is 1. The van der Waals surface area contributed by atoms with Crippen LogP contribution in [-0.4, -0.2) is 15.8 Å². The molecule has 2 aromatic heterocycles. The third-order valence-corrected chi connectivity index (χ3v) is 7.51. The normalized spacial score (nSPS) is 17.9. The number of Topliss-reactive ketones (excluding diaryl/α,β-unsaturated/α-hetero) is 1. The summed E-state index contributed by atoms with van der Waals surface area (Å²) < 4.78 is 15.4. The van der Waals surface area contributed by atoms with E-state index in [9.17, 15) is 10.1 Å². The number of aromatic nitrogens is 2. The predicted octanol–water partition coefficient (Wildman–Crippen LogP) is 5.80. The highest BCUT2D eigenvalue weighted by molar-refractivity contribution is 7.14. The molecule has 0 fully saturated rings. The maximum absolute atomic E-state index is 15.4. The third kappa shape index (κ3) is 3.48. The SMILES string of the molecule is N#CC1=C(N)N(c2nc(-c3ccccc3)cs2)C2=C(C(=O)CCC2)C1c1cc2ccccc2nc1F. The number of hydrogen-bond donors (Lipinski definition) is 1. The van der Waals surface area contributed by atoms with Crippen molar-refractivity contribution in [3.63, 3.8) is 0 Å². The average Bonchev–Trinajstić information content (AvgIpc) is 3.38. The number of thiazole rings is 1. The number of fused-ring (bicyclic) bond motifs is 1. The molecule has 0 radical (unpaired) electrons. The van der Waals surface area contributed by atoms with Gasteiger partial charge in [0, 0.05) is 39.6 Å². The van der Waals surface area contributed by atoms with Gasteiger partial charge in [-0.2, -0.15) is 9.65 Å². The molecule has 0 bridgehead atoms. The maximum Gasteiger partial charge on any atom is 0.217 e. The second-order valence-electron chi connectivity index (χ2n) is 8.76. The van der Waals surface area contributed by atoms with Crippen LogP contribution in [0.4, 0.5) is 9.52 Å². The number of anilines is 1. The zero-order valence-electron chi connectivity index (χ0n) is 19.1. The molecule has 0 spiro atoms. The lowest BCUT2D eigenvalue weighted by Crippen LogP contribution is -2.39. The number of allylic oxidation sites excluding steroid dienone is 3. The average molecular weight is 494 g/mol. The Hall–Kier alpha value is -4.35. The molecule has 6 nitrogen and oxygen atoms in total. The second-order valence-corrected chi connectivity index (χ2v) is 9.60. The first-order chi connectivity index (χ1) is 17.6. The minimum atomic E-state index is -0.917. The van der Waals surface area contributed by atoms with Crippen LogP contribution in [0, 0.1) is 17.3 Å². The van der Waals surface area contributed by atoms with Crippen LogP contribution in [0.1, 0.15) is 30.7 Å². The number of carbonyl (C=O) groups excluding carboxylic acids is 1. The Bertz CT molecular complexity index is 1630.